The normalized spacial score (nSPS) is 16.3. The number of piperidine rings is 1. The van der Waals surface area contributed by atoms with Gasteiger partial charge in [-0.2, -0.15) is 4.31 Å². The van der Waals surface area contributed by atoms with Gasteiger partial charge in [0, 0.05) is 32.6 Å². The molecule has 1 amide bonds. The molecule has 0 atom stereocenters. The zero-order chi connectivity index (χ0) is 20.2. The molecule has 0 bridgehead atoms. The predicted molar refractivity (Wildman–Crippen MR) is 112 cm³/mol. The van der Waals surface area contributed by atoms with E-state index in [-0.39, 0.29) is 34.5 Å². The molecule has 2 N–H and O–H groups in total. The molecule has 28 heavy (non-hydrogen) atoms. The summed E-state index contributed by atoms with van der Waals surface area (Å²) in [4.78, 5) is 14.7. The molecule has 1 aromatic carbocycles. The van der Waals surface area contributed by atoms with Crippen LogP contribution in [0.2, 0.25) is 0 Å². The molecule has 1 fully saturated rings. The monoisotopic (exact) mass is 433 g/mol. The molecule has 0 spiro atoms. The lowest BCUT2D eigenvalue weighted by Crippen LogP contribution is -2.46. The number of amides is 1. The van der Waals surface area contributed by atoms with E-state index in [1.807, 2.05) is 13.8 Å². The molecule has 0 aromatic heterocycles. The Kier molecular flexibility index (Phi) is 8.74. The van der Waals surface area contributed by atoms with E-state index >= 15 is 0 Å². The minimum absolute atomic E-state index is 0. The number of rotatable bonds is 7. The van der Waals surface area contributed by atoms with Crippen LogP contribution in [-0.2, 0) is 14.8 Å². The van der Waals surface area contributed by atoms with E-state index in [4.69, 9.17) is 10.5 Å². The quantitative estimate of drug-likeness (QED) is 0.709. The fourth-order valence-corrected chi connectivity index (χ4v) is 4.81. The highest BCUT2D eigenvalue weighted by Gasteiger charge is 2.34. The van der Waals surface area contributed by atoms with Crippen molar-refractivity contribution in [3.8, 4) is 5.75 Å². The first-order valence-corrected chi connectivity index (χ1v) is 10.6. The molecule has 1 aromatic rings. The number of carbonyl (C=O) groups excluding carboxylic acids is 1. The molecule has 1 aliphatic rings. The van der Waals surface area contributed by atoms with Crippen LogP contribution in [-0.4, -0.2) is 63.9 Å². The number of nitrogens with two attached hydrogens (primary N) is 1. The van der Waals surface area contributed by atoms with Crippen molar-refractivity contribution in [2.75, 3.05) is 40.3 Å². The van der Waals surface area contributed by atoms with Crippen LogP contribution in [0.15, 0.2) is 29.2 Å². The Labute approximate surface area is 174 Å². The number of carbonyl (C=O) groups is 1. The van der Waals surface area contributed by atoms with Crippen molar-refractivity contribution in [1.29, 1.82) is 0 Å². The highest BCUT2D eigenvalue weighted by molar-refractivity contribution is 7.89. The summed E-state index contributed by atoms with van der Waals surface area (Å²) < 4.78 is 32.1. The summed E-state index contributed by atoms with van der Waals surface area (Å²) in [6.07, 6.45) is 1.06. The summed E-state index contributed by atoms with van der Waals surface area (Å²) in [6, 6.07) is 6.37. The Morgan fingerprint density at radius 3 is 2.25 bits per heavy atom. The molecule has 0 radical (unpaired) electrons. The second kappa shape index (κ2) is 9.91. The van der Waals surface area contributed by atoms with Crippen LogP contribution in [0.4, 0.5) is 0 Å². The first-order valence-electron chi connectivity index (χ1n) is 9.20. The van der Waals surface area contributed by atoms with Crippen molar-refractivity contribution in [2.24, 2.45) is 17.1 Å². The molecule has 7 nitrogen and oxygen atoms in total. The van der Waals surface area contributed by atoms with Crippen LogP contribution < -0.4 is 10.5 Å². The van der Waals surface area contributed by atoms with E-state index in [9.17, 15) is 13.2 Å². The zero-order valence-corrected chi connectivity index (χ0v) is 18.7. The summed E-state index contributed by atoms with van der Waals surface area (Å²) in [7, 11) is -0.222. The number of methoxy groups -OCH3 is 1. The molecule has 9 heteroatoms. The van der Waals surface area contributed by atoms with Crippen LogP contribution in [0.25, 0.3) is 0 Å². The lowest BCUT2D eigenvalue weighted by Gasteiger charge is -2.35. The molecule has 1 heterocycles. The third-order valence-electron chi connectivity index (χ3n) is 5.09. The van der Waals surface area contributed by atoms with Gasteiger partial charge in [0.1, 0.15) is 5.75 Å². The van der Waals surface area contributed by atoms with E-state index in [1.54, 1.807) is 36.2 Å². The Morgan fingerprint density at radius 2 is 1.79 bits per heavy atom. The molecular formula is C19H32ClN3O4S. The fraction of sp³-hybridized carbons (Fsp3) is 0.632. The number of hydrogen-bond donors (Lipinski definition) is 1. The number of sulfonamides is 1. The Bertz CT molecular complexity index is 745. The van der Waals surface area contributed by atoms with E-state index in [0.29, 0.717) is 44.8 Å². The van der Waals surface area contributed by atoms with Crippen molar-refractivity contribution in [3.63, 3.8) is 0 Å². The molecule has 2 rings (SSSR count). The van der Waals surface area contributed by atoms with Crippen LogP contribution in [0, 0.1) is 11.3 Å². The zero-order valence-electron chi connectivity index (χ0n) is 17.1. The van der Waals surface area contributed by atoms with Crippen molar-refractivity contribution in [3.05, 3.63) is 24.3 Å². The predicted octanol–water partition coefficient (Wildman–Crippen LogP) is 1.96. The number of ether oxygens (including phenoxy) is 1. The largest absolute Gasteiger partial charge is 0.497 e. The van der Waals surface area contributed by atoms with E-state index in [0.717, 1.165) is 0 Å². The number of halogens is 1. The second-order valence-corrected chi connectivity index (χ2v) is 9.85. The van der Waals surface area contributed by atoms with Gasteiger partial charge >= 0.3 is 0 Å². The summed E-state index contributed by atoms with van der Waals surface area (Å²) >= 11 is 0. The van der Waals surface area contributed by atoms with Gasteiger partial charge in [-0.25, -0.2) is 8.42 Å². The molecular weight excluding hydrogens is 402 g/mol. The minimum Gasteiger partial charge on any atom is -0.497 e. The lowest BCUT2D eigenvalue weighted by atomic mass is 9.91. The maximum atomic E-state index is 12.8. The van der Waals surface area contributed by atoms with Crippen LogP contribution >= 0.6 is 12.4 Å². The SMILES string of the molecule is COc1ccc(S(=O)(=O)N2CCC(C(=O)N(C)CC(C)(C)CN)CC2)cc1.Cl. The van der Waals surface area contributed by atoms with E-state index in [1.165, 1.54) is 11.4 Å². The van der Waals surface area contributed by atoms with Gasteiger partial charge < -0.3 is 15.4 Å². The lowest BCUT2D eigenvalue weighted by molar-refractivity contribution is -0.136. The summed E-state index contributed by atoms with van der Waals surface area (Å²) in [5, 5.41) is 0. The van der Waals surface area contributed by atoms with E-state index in [2.05, 4.69) is 0 Å². The van der Waals surface area contributed by atoms with E-state index < -0.39 is 10.0 Å². The number of nitrogens with zero attached hydrogens (tertiary/aromatic N) is 2. The number of hydrogen-bond acceptors (Lipinski definition) is 5. The molecule has 0 aliphatic carbocycles. The Hall–Kier alpha value is -1.35. The standard InChI is InChI=1S/C19H31N3O4S.ClH/c1-19(2,13-20)14-21(3)18(23)15-9-11-22(12-10-15)27(24,25)17-7-5-16(26-4)6-8-17;/h5-8,15H,9-14,20H2,1-4H3;1H. The fourth-order valence-electron chi connectivity index (χ4n) is 3.34. The average molecular weight is 434 g/mol. The molecule has 1 saturated heterocycles. The van der Waals surface area contributed by atoms with Gasteiger partial charge in [0.05, 0.1) is 12.0 Å². The third kappa shape index (κ3) is 5.83. The van der Waals surface area contributed by atoms with Crippen LogP contribution in [0.5, 0.6) is 5.75 Å². The third-order valence-corrected chi connectivity index (χ3v) is 7.01. The van der Waals surface area contributed by atoms with Crippen molar-refractivity contribution in [2.45, 2.75) is 31.6 Å². The van der Waals surface area contributed by atoms with Gasteiger partial charge in [-0.1, -0.05) is 13.8 Å². The summed E-state index contributed by atoms with van der Waals surface area (Å²) in [5.41, 5.74) is 5.62. The van der Waals surface area contributed by atoms with Gasteiger partial charge in [0.2, 0.25) is 15.9 Å². The second-order valence-electron chi connectivity index (χ2n) is 7.92. The van der Waals surface area contributed by atoms with Crippen molar-refractivity contribution < 1.29 is 17.9 Å². The summed E-state index contributed by atoms with van der Waals surface area (Å²) in [5.74, 6) is 0.533. The average Bonchev–Trinajstić information content (AvgIpc) is 2.67. The van der Waals surface area contributed by atoms with Gasteiger partial charge in [-0.3, -0.25) is 4.79 Å². The van der Waals surface area contributed by atoms with Crippen molar-refractivity contribution >= 4 is 28.3 Å². The van der Waals surface area contributed by atoms with Gasteiger partial charge in [0.25, 0.3) is 0 Å². The number of benzene rings is 1. The maximum absolute atomic E-state index is 12.8. The van der Waals surface area contributed by atoms with Gasteiger partial charge in [-0.05, 0) is 49.1 Å². The topological polar surface area (TPSA) is 92.9 Å². The maximum Gasteiger partial charge on any atom is 0.243 e. The van der Waals surface area contributed by atoms with Gasteiger partial charge in [0.15, 0.2) is 0 Å². The first-order chi connectivity index (χ1) is 12.6. The first kappa shape index (κ1) is 24.7. The molecule has 0 saturated carbocycles. The highest BCUT2D eigenvalue weighted by Crippen LogP contribution is 2.26. The van der Waals surface area contributed by atoms with Gasteiger partial charge in [-0.15, -0.1) is 12.4 Å². The Balaban J connectivity index is 0.00000392. The molecule has 1 aliphatic heterocycles. The molecule has 0 unspecified atom stereocenters. The highest BCUT2D eigenvalue weighted by atomic mass is 35.5. The molecule has 160 valence electrons. The van der Waals surface area contributed by atoms with Crippen molar-refractivity contribution in [1.82, 2.24) is 9.21 Å². The Morgan fingerprint density at radius 1 is 1.25 bits per heavy atom. The summed E-state index contributed by atoms with van der Waals surface area (Å²) in [6.45, 7) is 5.84. The smallest absolute Gasteiger partial charge is 0.243 e. The van der Waals surface area contributed by atoms with Crippen LogP contribution in [0.1, 0.15) is 26.7 Å². The minimum atomic E-state index is -3.55. The van der Waals surface area contributed by atoms with Crippen LogP contribution in [0.3, 0.4) is 0 Å².